The van der Waals surface area contributed by atoms with Gasteiger partial charge in [0.25, 0.3) is 0 Å². The van der Waals surface area contributed by atoms with Crippen LogP contribution in [0.5, 0.6) is 0 Å². The predicted octanol–water partition coefficient (Wildman–Crippen LogP) is 1.80. The normalized spacial score (nSPS) is 13.1. The van der Waals surface area contributed by atoms with Gasteiger partial charge in [0.2, 0.25) is 11.8 Å². The van der Waals surface area contributed by atoms with E-state index in [-0.39, 0.29) is 17.6 Å². The second-order valence-corrected chi connectivity index (χ2v) is 8.22. The van der Waals surface area contributed by atoms with Crippen molar-refractivity contribution in [3.05, 3.63) is 29.8 Å². The van der Waals surface area contributed by atoms with E-state index in [0.717, 1.165) is 23.0 Å². The number of fused-ring (bicyclic) bond motifs is 1. The Balaban J connectivity index is 1.55. The zero-order valence-corrected chi connectivity index (χ0v) is 14.5. The first-order valence-electron chi connectivity index (χ1n) is 6.89. The number of para-hydroxylation sites is 1. The third kappa shape index (κ3) is 4.04. The molecule has 0 spiro atoms. The molecule has 23 heavy (non-hydrogen) atoms. The number of nitrogens with two attached hydrogens (primary N) is 1. The minimum absolute atomic E-state index is 0.0708. The SMILES string of the molecule is NC(=O)CSc1nnc(SCC(=O)N2CCc3ccccc32)s1. The monoisotopic (exact) mass is 366 g/mol. The highest BCUT2D eigenvalue weighted by Gasteiger charge is 2.24. The quantitative estimate of drug-likeness (QED) is 0.784. The van der Waals surface area contributed by atoms with Crippen LogP contribution < -0.4 is 10.6 Å². The zero-order valence-electron chi connectivity index (χ0n) is 12.1. The Hall–Kier alpha value is -1.58. The number of nitrogens with zero attached hydrogens (tertiary/aromatic N) is 3. The zero-order chi connectivity index (χ0) is 16.2. The predicted molar refractivity (Wildman–Crippen MR) is 93.1 cm³/mol. The Bertz CT molecular complexity index is 734. The molecule has 9 heteroatoms. The van der Waals surface area contributed by atoms with Crippen LogP contribution in [-0.4, -0.2) is 40.1 Å². The van der Waals surface area contributed by atoms with Gasteiger partial charge in [-0.05, 0) is 18.1 Å². The standard InChI is InChI=1S/C14H14N4O2S3/c15-11(19)7-21-13-16-17-14(23-13)22-8-12(20)18-6-5-9-3-1-2-4-10(9)18/h1-4H,5-8H2,(H2,15,19). The van der Waals surface area contributed by atoms with E-state index in [2.05, 4.69) is 16.3 Å². The molecule has 0 saturated carbocycles. The van der Waals surface area contributed by atoms with Crippen molar-refractivity contribution in [1.82, 2.24) is 10.2 Å². The van der Waals surface area contributed by atoms with E-state index in [0.29, 0.717) is 10.1 Å². The lowest BCUT2D eigenvalue weighted by molar-refractivity contribution is -0.116. The number of hydrogen-bond acceptors (Lipinski definition) is 7. The summed E-state index contributed by atoms with van der Waals surface area (Å²) in [5.41, 5.74) is 7.32. The van der Waals surface area contributed by atoms with Crippen LogP contribution >= 0.6 is 34.9 Å². The van der Waals surface area contributed by atoms with Gasteiger partial charge in [-0.2, -0.15) is 0 Å². The van der Waals surface area contributed by atoms with E-state index in [1.807, 2.05) is 23.1 Å². The molecule has 2 N–H and O–H groups in total. The first kappa shape index (κ1) is 16.3. The van der Waals surface area contributed by atoms with Gasteiger partial charge >= 0.3 is 0 Å². The highest BCUT2D eigenvalue weighted by molar-refractivity contribution is 8.03. The smallest absolute Gasteiger partial charge is 0.237 e. The number of rotatable bonds is 6. The topological polar surface area (TPSA) is 89.2 Å². The summed E-state index contributed by atoms with van der Waals surface area (Å²) in [5, 5.41) is 8.00. The van der Waals surface area contributed by atoms with Crippen LogP contribution in [0.25, 0.3) is 0 Å². The highest BCUT2D eigenvalue weighted by Crippen LogP contribution is 2.31. The third-order valence-electron chi connectivity index (χ3n) is 3.23. The second kappa shape index (κ2) is 7.33. The lowest BCUT2D eigenvalue weighted by Gasteiger charge is -2.16. The van der Waals surface area contributed by atoms with Crippen molar-refractivity contribution in [2.24, 2.45) is 5.73 Å². The maximum atomic E-state index is 12.4. The Kier molecular flexibility index (Phi) is 5.19. The summed E-state index contributed by atoms with van der Waals surface area (Å²) >= 11 is 4.00. The summed E-state index contributed by atoms with van der Waals surface area (Å²) in [6.07, 6.45) is 0.902. The number of thioether (sulfide) groups is 2. The van der Waals surface area contributed by atoms with Crippen molar-refractivity contribution in [3.8, 4) is 0 Å². The van der Waals surface area contributed by atoms with Gasteiger partial charge in [0, 0.05) is 12.2 Å². The molecule has 1 aliphatic heterocycles. The fourth-order valence-corrected chi connectivity index (χ4v) is 4.88. The molecule has 2 aromatic rings. The highest BCUT2D eigenvalue weighted by atomic mass is 32.2. The number of anilines is 1. The minimum Gasteiger partial charge on any atom is -0.369 e. The van der Waals surface area contributed by atoms with Gasteiger partial charge in [0.05, 0.1) is 11.5 Å². The summed E-state index contributed by atoms with van der Waals surface area (Å²) in [4.78, 5) is 25.0. The maximum Gasteiger partial charge on any atom is 0.237 e. The van der Waals surface area contributed by atoms with E-state index in [1.165, 1.54) is 40.4 Å². The number of carbonyl (C=O) groups is 2. The Labute approximate surface area is 145 Å². The van der Waals surface area contributed by atoms with Gasteiger partial charge in [0.1, 0.15) is 0 Å². The van der Waals surface area contributed by atoms with Crippen LogP contribution in [-0.2, 0) is 16.0 Å². The van der Waals surface area contributed by atoms with E-state index < -0.39 is 0 Å². The van der Waals surface area contributed by atoms with Crippen LogP contribution in [0.2, 0.25) is 0 Å². The average Bonchev–Trinajstić information content (AvgIpc) is 3.17. The van der Waals surface area contributed by atoms with Crippen molar-refractivity contribution in [3.63, 3.8) is 0 Å². The summed E-state index contributed by atoms with van der Waals surface area (Å²) in [5.74, 6) is 0.190. The molecule has 0 aliphatic carbocycles. The van der Waals surface area contributed by atoms with Crippen molar-refractivity contribution in [2.75, 3.05) is 23.0 Å². The molecule has 2 heterocycles. The molecule has 0 unspecified atom stereocenters. The van der Waals surface area contributed by atoms with E-state index in [1.54, 1.807) is 0 Å². The van der Waals surface area contributed by atoms with Gasteiger partial charge in [-0.1, -0.05) is 53.1 Å². The maximum absolute atomic E-state index is 12.4. The summed E-state index contributed by atoms with van der Waals surface area (Å²) in [6, 6.07) is 7.98. The van der Waals surface area contributed by atoms with Crippen LogP contribution in [0.3, 0.4) is 0 Å². The summed E-state index contributed by atoms with van der Waals surface area (Å²) in [7, 11) is 0. The van der Waals surface area contributed by atoms with Crippen molar-refractivity contribution < 1.29 is 9.59 Å². The first-order valence-corrected chi connectivity index (χ1v) is 9.68. The average molecular weight is 366 g/mol. The van der Waals surface area contributed by atoms with Gasteiger partial charge in [-0.3, -0.25) is 9.59 Å². The van der Waals surface area contributed by atoms with Crippen LogP contribution in [0.15, 0.2) is 32.9 Å². The molecule has 3 rings (SSSR count). The van der Waals surface area contributed by atoms with Crippen molar-refractivity contribution in [1.29, 1.82) is 0 Å². The Morgan fingerprint density at radius 1 is 1.17 bits per heavy atom. The number of hydrogen-bond donors (Lipinski definition) is 1. The lowest BCUT2D eigenvalue weighted by Crippen LogP contribution is -2.30. The molecule has 0 bridgehead atoms. The lowest BCUT2D eigenvalue weighted by atomic mass is 10.2. The Morgan fingerprint density at radius 3 is 2.61 bits per heavy atom. The van der Waals surface area contributed by atoms with E-state index in [4.69, 9.17) is 5.73 Å². The number of amides is 2. The molecule has 1 aromatic carbocycles. The summed E-state index contributed by atoms with van der Waals surface area (Å²) < 4.78 is 1.41. The number of primary amides is 1. The van der Waals surface area contributed by atoms with E-state index in [9.17, 15) is 9.59 Å². The minimum atomic E-state index is -0.387. The summed E-state index contributed by atoms with van der Waals surface area (Å²) in [6.45, 7) is 0.731. The van der Waals surface area contributed by atoms with Gasteiger partial charge < -0.3 is 10.6 Å². The molecule has 0 radical (unpaired) electrons. The molecule has 2 amide bonds. The van der Waals surface area contributed by atoms with Gasteiger partial charge in [-0.25, -0.2) is 0 Å². The van der Waals surface area contributed by atoms with E-state index >= 15 is 0 Å². The molecular formula is C14H14N4O2S3. The third-order valence-corrected chi connectivity index (χ3v) is 6.43. The largest absolute Gasteiger partial charge is 0.369 e. The first-order chi connectivity index (χ1) is 11.1. The molecular weight excluding hydrogens is 352 g/mol. The Morgan fingerprint density at radius 2 is 1.87 bits per heavy atom. The van der Waals surface area contributed by atoms with Crippen LogP contribution in [0.1, 0.15) is 5.56 Å². The van der Waals surface area contributed by atoms with Gasteiger partial charge in [-0.15, -0.1) is 10.2 Å². The second-order valence-electron chi connectivity index (χ2n) is 4.80. The molecule has 6 nitrogen and oxygen atoms in total. The fraction of sp³-hybridized carbons (Fsp3) is 0.286. The van der Waals surface area contributed by atoms with Crippen molar-refractivity contribution in [2.45, 2.75) is 15.1 Å². The van der Waals surface area contributed by atoms with Gasteiger partial charge in [0.15, 0.2) is 8.68 Å². The van der Waals surface area contributed by atoms with Crippen LogP contribution in [0.4, 0.5) is 5.69 Å². The molecule has 0 saturated heterocycles. The molecule has 1 aromatic heterocycles. The fourth-order valence-electron chi connectivity index (χ4n) is 2.25. The molecule has 120 valence electrons. The van der Waals surface area contributed by atoms with Crippen LogP contribution in [0, 0.1) is 0 Å². The number of aromatic nitrogens is 2. The molecule has 0 fully saturated rings. The molecule has 0 atom stereocenters. The number of carbonyl (C=O) groups excluding carboxylic acids is 2. The van der Waals surface area contributed by atoms with Crippen molar-refractivity contribution >= 4 is 52.4 Å². The molecule has 1 aliphatic rings. The number of benzene rings is 1.